The van der Waals surface area contributed by atoms with Crippen molar-refractivity contribution < 1.29 is 4.74 Å². The van der Waals surface area contributed by atoms with Crippen LogP contribution in [0.25, 0.3) is 10.1 Å². The number of ether oxygens (including phenoxy) is 1. The Hall–Kier alpha value is -1.02. The van der Waals surface area contributed by atoms with Crippen molar-refractivity contribution in [3.63, 3.8) is 0 Å². The number of fused-ring (bicyclic) bond motifs is 1. The van der Waals surface area contributed by atoms with Crippen LogP contribution in [-0.4, -0.2) is 6.61 Å². The Bertz CT molecular complexity index is 891. The number of benzene rings is 1. The van der Waals surface area contributed by atoms with Crippen molar-refractivity contribution in [3.05, 3.63) is 29.1 Å². The molecule has 0 unspecified atom stereocenters. The van der Waals surface area contributed by atoms with Crippen LogP contribution in [0.4, 0.5) is 0 Å². The van der Waals surface area contributed by atoms with Gasteiger partial charge in [-0.25, -0.2) is 0 Å². The molecule has 3 aliphatic carbocycles. The zero-order valence-corrected chi connectivity index (χ0v) is 23.4. The standard InChI is InChI=1S/C33H50OS/c1-3-5-24-7-9-26(10-8-24)23-34-31-20-19-30-21-32(35-33(30)22-31)29-17-15-28(16-18-29)27-13-11-25(6-4-2)12-14-27/h19-22,24-29H,3-18,23H2,1-2H3. The van der Waals surface area contributed by atoms with Crippen LogP contribution in [0.2, 0.25) is 0 Å². The topological polar surface area (TPSA) is 9.23 Å². The van der Waals surface area contributed by atoms with E-state index in [9.17, 15) is 0 Å². The maximum atomic E-state index is 6.31. The molecular weight excluding hydrogens is 444 g/mol. The van der Waals surface area contributed by atoms with Crippen molar-refractivity contribution >= 4 is 21.4 Å². The van der Waals surface area contributed by atoms with E-state index >= 15 is 0 Å². The van der Waals surface area contributed by atoms with E-state index in [2.05, 4.69) is 38.1 Å². The maximum absolute atomic E-state index is 6.31. The molecule has 0 amide bonds. The molecule has 0 spiro atoms. The summed E-state index contributed by atoms with van der Waals surface area (Å²) in [5.74, 6) is 6.71. The highest BCUT2D eigenvalue weighted by Gasteiger charge is 2.31. The van der Waals surface area contributed by atoms with Crippen molar-refractivity contribution in [2.45, 2.75) is 122 Å². The second-order valence-corrected chi connectivity index (χ2v) is 13.6. The number of hydrogen-bond donors (Lipinski definition) is 0. The largest absolute Gasteiger partial charge is 0.493 e. The van der Waals surface area contributed by atoms with E-state index in [-0.39, 0.29) is 0 Å². The number of hydrogen-bond acceptors (Lipinski definition) is 2. The summed E-state index contributed by atoms with van der Waals surface area (Å²) in [5.41, 5.74) is 0. The van der Waals surface area contributed by atoms with Crippen molar-refractivity contribution in [2.24, 2.45) is 29.6 Å². The van der Waals surface area contributed by atoms with Gasteiger partial charge in [-0.3, -0.25) is 0 Å². The fourth-order valence-corrected chi connectivity index (χ4v) is 9.13. The van der Waals surface area contributed by atoms with E-state index in [1.165, 1.54) is 113 Å². The number of thiophene rings is 1. The summed E-state index contributed by atoms with van der Waals surface area (Å²) >= 11 is 2.05. The lowest BCUT2D eigenvalue weighted by Crippen LogP contribution is -2.25. The smallest absolute Gasteiger partial charge is 0.120 e. The van der Waals surface area contributed by atoms with Gasteiger partial charge in [-0.05, 0) is 117 Å². The lowest BCUT2D eigenvalue weighted by molar-refractivity contribution is 0.157. The van der Waals surface area contributed by atoms with Crippen LogP contribution < -0.4 is 4.74 Å². The zero-order valence-electron chi connectivity index (χ0n) is 22.6. The Morgan fingerprint density at radius 2 is 1.26 bits per heavy atom. The lowest BCUT2D eigenvalue weighted by atomic mass is 9.68. The van der Waals surface area contributed by atoms with Crippen molar-refractivity contribution in [1.82, 2.24) is 0 Å². The first-order chi connectivity index (χ1) is 17.2. The molecule has 1 heterocycles. The lowest BCUT2D eigenvalue weighted by Gasteiger charge is -2.37. The summed E-state index contributed by atoms with van der Waals surface area (Å²) in [6.07, 6.45) is 23.0. The molecule has 3 aliphatic rings. The molecule has 0 radical (unpaired) electrons. The molecule has 194 valence electrons. The minimum atomic E-state index is 0.759. The van der Waals surface area contributed by atoms with E-state index in [0.717, 1.165) is 47.9 Å². The van der Waals surface area contributed by atoms with Gasteiger partial charge >= 0.3 is 0 Å². The fourth-order valence-electron chi connectivity index (χ4n) is 7.86. The molecule has 0 aliphatic heterocycles. The first kappa shape index (κ1) is 25.6. The second kappa shape index (κ2) is 12.5. The molecule has 1 aromatic heterocycles. The van der Waals surface area contributed by atoms with Gasteiger partial charge in [-0.2, -0.15) is 0 Å². The van der Waals surface area contributed by atoms with E-state index in [0.29, 0.717) is 0 Å². The summed E-state index contributed by atoms with van der Waals surface area (Å²) in [7, 11) is 0. The van der Waals surface area contributed by atoms with Crippen LogP contribution >= 0.6 is 11.3 Å². The van der Waals surface area contributed by atoms with Gasteiger partial charge < -0.3 is 4.74 Å². The van der Waals surface area contributed by atoms with Gasteiger partial charge in [0.05, 0.1) is 6.61 Å². The van der Waals surface area contributed by atoms with Crippen molar-refractivity contribution in [1.29, 1.82) is 0 Å². The molecule has 0 bridgehead atoms. The Morgan fingerprint density at radius 3 is 1.89 bits per heavy atom. The molecule has 0 saturated heterocycles. The van der Waals surface area contributed by atoms with Gasteiger partial charge in [0.15, 0.2) is 0 Å². The van der Waals surface area contributed by atoms with Gasteiger partial charge in [-0.1, -0.05) is 65.2 Å². The fraction of sp³-hybridized carbons (Fsp3) is 0.758. The Balaban J connectivity index is 1.10. The average molecular weight is 495 g/mol. The summed E-state index contributed by atoms with van der Waals surface area (Å²) in [5, 5.41) is 1.42. The van der Waals surface area contributed by atoms with Gasteiger partial charge in [0.25, 0.3) is 0 Å². The SMILES string of the molecule is CCCC1CCC(COc2ccc3cc(C4CCC(C5CCC(CCC)CC5)CC4)sc3c2)CC1. The predicted octanol–water partition coefficient (Wildman–Crippen LogP) is 10.8. The minimum Gasteiger partial charge on any atom is -0.493 e. The molecule has 3 fully saturated rings. The van der Waals surface area contributed by atoms with E-state index < -0.39 is 0 Å². The first-order valence-corrected chi connectivity index (χ1v) is 16.2. The molecule has 1 nitrogen and oxygen atoms in total. The molecular formula is C33H50OS. The third-order valence-electron chi connectivity index (χ3n) is 10.1. The quantitative estimate of drug-likeness (QED) is 0.337. The normalized spacial score (nSPS) is 32.1. The van der Waals surface area contributed by atoms with Crippen LogP contribution in [0.3, 0.4) is 0 Å². The second-order valence-electron chi connectivity index (χ2n) is 12.5. The van der Waals surface area contributed by atoms with E-state index in [1.807, 2.05) is 11.3 Å². The summed E-state index contributed by atoms with van der Waals surface area (Å²) in [6, 6.07) is 9.35. The molecule has 3 saturated carbocycles. The Kier molecular flexibility index (Phi) is 9.14. The van der Waals surface area contributed by atoms with Crippen LogP contribution in [0.15, 0.2) is 24.3 Å². The van der Waals surface area contributed by atoms with Crippen LogP contribution in [0.5, 0.6) is 5.75 Å². The Labute approximate surface area is 219 Å². The highest BCUT2D eigenvalue weighted by Crippen LogP contribution is 2.46. The maximum Gasteiger partial charge on any atom is 0.120 e. The monoisotopic (exact) mass is 494 g/mol. The number of rotatable bonds is 9. The van der Waals surface area contributed by atoms with Gasteiger partial charge in [0.1, 0.15) is 5.75 Å². The van der Waals surface area contributed by atoms with Crippen LogP contribution in [-0.2, 0) is 0 Å². The van der Waals surface area contributed by atoms with E-state index in [4.69, 9.17) is 4.74 Å². The molecule has 1 aromatic carbocycles. The summed E-state index contributed by atoms with van der Waals surface area (Å²) in [4.78, 5) is 1.64. The van der Waals surface area contributed by atoms with Crippen LogP contribution in [0, 0.1) is 29.6 Å². The molecule has 5 rings (SSSR count). The first-order valence-electron chi connectivity index (χ1n) is 15.4. The van der Waals surface area contributed by atoms with Gasteiger partial charge in [-0.15, -0.1) is 11.3 Å². The van der Waals surface area contributed by atoms with Gasteiger partial charge in [0.2, 0.25) is 0 Å². The van der Waals surface area contributed by atoms with Crippen molar-refractivity contribution in [3.8, 4) is 5.75 Å². The van der Waals surface area contributed by atoms with Gasteiger partial charge in [0, 0.05) is 9.58 Å². The molecule has 2 aromatic rings. The summed E-state index contributed by atoms with van der Waals surface area (Å²) in [6.45, 7) is 5.59. The predicted molar refractivity (Wildman–Crippen MR) is 153 cm³/mol. The van der Waals surface area contributed by atoms with Crippen molar-refractivity contribution in [2.75, 3.05) is 6.61 Å². The molecule has 35 heavy (non-hydrogen) atoms. The highest BCUT2D eigenvalue weighted by molar-refractivity contribution is 7.19. The molecule has 0 atom stereocenters. The van der Waals surface area contributed by atoms with Crippen LogP contribution in [0.1, 0.15) is 127 Å². The molecule has 0 N–H and O–H groups in total. The third-order valence-corrected chi connectivity index (χ3v) is 11.3. The summed E-state index contributed by atoms with van der Waals surface area (Å²) < 4.78 is 7.75. The third kappa shape index (κ3) is 6.65. The highest BCUT2D eigenvalue weighted by atomic mass is 32.1. The average Bonchev–Trinajstić information content (AvgIpc) is 3.33. The Morgan fingerprint density at radius 1 is 0.686 bits per heavy atom. The van der Waals surface area contributed by atoms with E-state index in [1.54, 1.807) is 4.88 Å². The zero-order chi connectivity index (χ0) is 24.0. The minimum absolute atomic E-state index is 0.759. The molecule has 2 heteroatoms.